The van der Waals surface area contributed by atoms with Crippen LogP contribution in [0.1, 0.15) is 19.8 Å². The van der Waals surface area contributed by atoms with Crippen LogP contribution in [0.25, 0.3) is 0 Å². The number of hydrogen-bond acceptors (Lipinski definition) is 4. The molecule has 2 heterocycles. The van der Waals surface area contributed by atoms with E-state index < -0.39 is 15.3 Å². The van der Waals surface area contributed by atoms with Crippen LogP contribution >= 0.6 is 0 Å². The predicted molar refractivity (Wildman–Crippen MR) is 66.4 cm³/mol. The first-order valence-electron chi connectivity index (χ1n) is 6.27. The summed E-state index contributed by atoms with van der Waals surface area (Å²) < 4.78 is 31.2. The molecule has 0 aromatic carbocycles. The number of ether oxygens (including phenoxy) is 1. The van der Waals surface area contributed by atoms with Gasteiger partial charge in [-0.1, -0.05) is 0 Å². The smallest absolute Gasteiger partial charge is 0.219 e. The van der Waals surface area contributed by atoms with Crippen molar-refractivity contribution in [3.05, 3.63) is 0 Å². The van der Waals surface area contributed by atoms with Gasteiger partial charge in [-0.05, 0) is 26.3 Å². The molecule has 100 valence electrons. The fourth-order valence-corrected chi connectivity index (χ4v) is 4.30. The van der Waals surface area contributed by atoms with E-state index in [2.05, 4.69) is 4.90 Å². The lowest BCUT2D eigenvalue weighted by Crippen LogP contribution is -2.54. The number of nitrogens with zero attached hydrogens (tertiary/aromatic N) is 2. The van der Waals surface area contributed by atoms with Crippen LogP contribution in [0.4, 0.5) is 0 Å². The molecule has 6 heteroatoms. The maximum absolute atomic E-state index is 12.3. The Hall–Kier alpha value is -0.170. The monoisotopic (exact) mass is 262 g/mol. The Morgan fingerprint density at radius 1 is 1.35 bits per heavy atom. The first-order chi connectivity index (χ1) is 8.05. The summed E-state index contributed by atoms with van der Waals surface area (Å²) in [4.78, 5) is 2.41. The fourth-order valence-electron chi connectivity index (χ4n) is 2.77. The van der Waals surface area contributed by atoms with E-state index in [1.807, 2.05) is 0 Å². The summed E-state index contributed by atoms with van der Waals surface area (Å²) in [5, 5.41) is -0.444. The van der Waals surface area contributed by atoms with Crippen molar-refractivity contribution in [2.75, 3.05) is 39.9 Å². The van der Waals surface area contributed by atoms with Gasteiger partial charge in [-0.3, -0.25) is 4.90 Å². The maximum Gasteiger partial charge on any atom is 0.219 e. The highest BCUT2D eigenvalue weighted by Gasteiger charge is 2.37. The minimum absolute atomic E-state index is 0.271. The molecule has 0 spiro atoms. The van der Waals surface area contributed by atoms with Crippen molar-refractivity contribution in [1.29, 1.82) is 0 Å². The normalized spacial score (nSPS) is 29.2. The number of piperazine rings is 1. The molecule has 0 N–H and O–H groups in total. The zero-order valence-corrected chi connectivity index (χ0v) is 11.4. The average Bonchev–Trinajstić information content (AvgIpc) is 2.76. The van der Waals surface area contributed by atoms with Gasteiger partial charge in [-0.15, -0.1) is 0 Å². The minimum Gasteiger partial charge on any atom is -0.383 e. The largest absolute Gasteiger partial charge is 0.383 e. The van der Waals surface area contributed by atoms with Gasteiger partial charge in [0.25, 0.3) is 0 Å². The van der Waals surface area contributed by atoms with E-state index >= 15 is 0 Å². The Morgan fingerprint density at radius 3 is 2.82 bits per heavy atom. The molecule has 0 aromatic heterocycles. The van der Waals surface area contributed by atoms with Gasteiger partial charge in [0, 0.05) is 32.8 Å². The van der Waals surface area contributed by atoms with Gasteiger partial charge in [-0.2, -0.15) is 4.31 Å². The zero-order chi connectivity index (χ0) is 12.5. The van der Waals surface area contributed by atoms with E-state index in [-0.39, 0.29) is 6.61 Å². The molecule has 5 nitrogen and oxygen atoms in total. The second-order valence-electron chi connectivity index (χ2n) is 5.00. The second kappa shape index (κ2) is 5.22. The molecule has 17 heavy (non-hydrogen) atoms. The molecule has 0 aromatic rings. The molecule has 0 aliphatic carbocycles. The molecular weight excluding hydrogens is 240 g/mol. The van der Waals surface area contributed by atoms with E-state index in [1.165, 1.54) is 6.42 Å². The summed E-state index contributed by atoms with van der Waals surface area (Å²) in [5.74, 6) is 0. The topological polar surface area (TPSA) is 49.9 Å². The predicted octanol–water partition coefficient (Wildman–Crippen LogP) is 0.131. The molecule has 0 bridgehead atoms. The second-order valence-corrected chi connectivity index (χ2v) is 7.35. The lowest BCUT2D eigenvalue weighted by Gasteiger charge is -2.37. The summed E-state index contributed by atoms with van der Waals surface area (Å²) in [6.07, 6.45) is 2.33. The summed E-state index contributed by atoms with van der Waals surface area (Å²) >= 11 is 0. The van der Waals surface area contributed by atoms with Crippen molar-refractivity contribution in [3.8, 4) is 0 Å². The van der Waals surface area contributed by atoms with Crippen LogP contribution in [-0.2, 0) is 14.8 Å². The van der Waals surface area contributed by atoms with Gasteiger partial charge in [0.15, 0.2) is 0 Å². The quantitative estimate of drug-likeness (QED) is 0.723. The molecule has 2 aliphatic rings. The Balaban J connectivity index is 2.02. The SMILES string of the molecule is COC[C@H](C)S(=O)(=O)N1CCN2CCC[C@H]2C1. The molecule has 2 saturated heterocycles. The highest BCUT2D eigenvalue weighted by atomic mass is 32.2. The lowest BCUT2D eigenvalue weighted by molar-refractivity contribution is 0.153. The molecule has 0 radical (unpaired) electrons. The van der Waals surface area contributed by atoms with Crippen LogP contribution in [0, 0.1) is 0 Å². The van der Waals surface area contributed by atoms with E-state index in [1.54, 1.807) is 18.3 Å². The highest BCUT2D eigenvalue weighted by Crippen LogP contribution is 2.24. The van der Waals surface area contributed by atoms with Crippen LogP contribution in [0.5, 0.6) is 0 Å². The van der Waals surface area contributed by atoms with Crippen molar-refractivity contribution >= 4 is 10.0 Å². The van der Waals surface area contributed by atoms with Gasteiger partial charge >= 0.3 is 0 Å². The molecular formula is C11H22N2O3S. The summed E-state index contributed by atoms with van der Waals surface area (Å²) in [6.45, 7) is 5.30. The van der Waals surface area contributed by atoms with Crippen LogP contribution < -0.4 is 0 Å². The molecule has 2 aliphatic heterocycles. The van der Waals surface area contributed by atoms with Gasteiger partial charge in [-0.25, -0.2) is 8.42 Å². The fraction of sp³-hybridized carbons (Fsp3) is 1.00. The third-order valence-corrected chi connectivity index (χ3v) is 6.02. The van der Waals surface area contributed by atoms with Crippen molar-refractivity contribution in [1.82, 2.24) is 9.21 Å². The Bertz CT molecular complexity index is 358. The van der Waals surface area contributed by atoms with Crippen molar-refractivity contribution in [2.45, 2.75) is 31.1 Å². The highest BCUT2D eigenvalue weighted by molar-refractivity contribution is 7.89. The summed E-state index contributed by atoms with van der Waals surface area (Å²) in [7, 11) is -1.64. The molecule has 0 amide bonds. The molecule has 2 rings (SSSR count). The summed E-state index contributed by atoms with van der Waals surface area (Å²) in [5.41, 5.74) is 0. The van der Waals surface area contributed by atoms with Crippen LogP contribution in [-0.4, -0.2) is 68.8 Å². The first-order valence-corrected chi connectivity index (χ1v) is 7.78. The van der Waals surface area contributed by atoms with Crippen LogP contribution in [0.3, 0.4) is 0 Å². The van der Waals surface area contributed by atoms with E-state index in [4.69, 9.17) is 4.74 Å². The zero-order valence-electron chi connectivity index (χ0n) is 10.6. The number of hydrogen-bond donors (Lipinski definition) is 0. The number of methoxy groups -OCH3 is 1. The van der Waals surface area contributed by atoms with Gasteiger partial charge in [0.2, 0.25) is 10.0 Å². The molecule has 0 saturated carbocycles. The third kappa shape index (κ3) is 2.65. The molecule has 0 unspecified atom stereocenters. The Morgan fingerprint density at radius 2 is 2.12 bits per heavy atom. The van der Waals surface area contributed by atoms with Crippen molar-refractivity contribution in [3.63, 3.8) is 0 Å². The third-order valence-electron chi connectivity index (χ3n) is 3.82. The summed E-state index contributed by atoms with van der Waals surface area (Å²) in [6, 6.07) is 0.438. The molecule has 2 atom stereocenters. The van der Waals surface area contributed by atoms with Crippen molar-refractivity contribution < 1.29 is 13.2 Å². The standard InChI is InChI=1S/C11H22N2O3S/c1-10(9-16-2)17(14,15)13-7-6-12-5-3-4-11(12)8-13/h10-11H,3-9H2,1-2H3/t10-,11-/m0/s1. The Kier molecular flexibility index (Phi) is 4.07. The maximum atomic E-state index is 12.3. The average molecular weight is 262 g/mol. The minimum atomic E-state index is -3.18. The number of fused-ring (bicyclic) bond motifs is 1. The van der Waals surface area contributed by atoms with E-state index in [9.17, 15) is 8.42 Å². The van der Waals surface area contributed by atoms with Gasteiger partial charge in [0.05, 0.1) is 11.9 Å². The van der Waals surface area contributed by atoms with E-state index in [0.29, 0.717) is 19.1 Å². The van der Waals surface area contributed by atoms with Gasteiger partial charge < -0.3 is 4.74 Å². The van der Waals surface area contributed by atoms with Crippen LogP contribution in [0.15, 0.2) is 0 Å². The van der Waals surface area contributed by atoms with Gasteiger partial charge in [0.1, 0.15) is 0 Å². The Labute approximate surface area is 104 Å². The van der Waals surface area contributed by atoms with Crippen LogP contribution in [0.2, 0.25) is 0 Å². The van der Waals surface area contributed by atoms with E-state index in [0.717, 1.165) is 19.5 Å². The van der Waals surface area contributed by atoms with Crippen molar-refractivity contribution in [2.24, 2.45) is 0 Å². The lowest BCUT2D eigenvalue weighted by atomic mass is 10.2. The number of sulfonamides is 1. The first kappa shape index (κ1) is 13.3. The molecule has 2 fully saturated rings. The number of rotatable bonds is 4.